The summed E-state index contributed by atoms with van der Waals surface area (Å²) < 4.78 is 5.32. The van der Waals surface area contributed by atoms with Crippen LogP contribution in [-0.2, 0) is 11.3 Å². The van der Waals surface area contributed by atoms with Crippen LogP contribution in [0.5, 0.6) is 0 Å². The topological polar surface area (TPSA) is 85.3 Å². The number of morpholine rings is 1. The minimum atomic E-state index is -0.608. The summed E-state index contributed by atoms with van der Waals surface area (Å²) in [6, 6.07) is 10.3. The highest BCUT2D eigenvalue weighted by Crippen LogP contribution is 2.22. The van der Waals surface area contributed by atoms with Crippen molar-refractivity contribution in [2.45, 2.75) is 12.6 Å². The predicted molar refractivity (Wildman–Crippen MR) is 117 cm³/mol. The first-order valence-electron chi connectivity index (χ1n) is 10.7. The van der Waals surface area contributed by atoms with Crippen molar-refractivity contribution in [2.75, 3.05) is 75.8 Å². The van der Waals surface area contributed by atoms with Crippen LogP contribution in [0.2, 0.25) is 0 Å². The molecule has 0 radical (unpaired) electrons. The Balaban J connectivity index is 1.29. The van der Waals surface area contributed by atoms with Gasteiger partial charge in [0.05, 0.1) is 19.3 Å². The van der Waals surface area contributed by atoms with E-state index >= 15 is 0 Å². The van der Waals surface area contributed by atoms with Crippen LogP contribution in [-0.4, -0.2) is 86.6 Å². The van der Waals surface area contributed by atoms with Gasteiger partial charge in [-0.3, -0.25) is 19.4 Å². The minimum absolute atomic E-state index is 0.253. The number of aliphatic hydroxyl groups is 1. The van der Waals surface area contributed by atoms with E-state index in [1.54, 1.807) is 0 Å². The number of benzene rings is 1. The molecule has 2 aromatic rings. The normalized spacial score (nSPS) is 19.8. The van der Waals surface area contributed by atoms with E-state index in [0.29, 0.717) is 44.2 Å². The quantitative estimate of drug-likeness (QED) is 0.570. The lowest BCUT2D eigenvalue weighted by molar-refractivity contribution is 0.0171. The number of nitrogens with one attached hydrogen (secondary N) is 1. The smallest absolute Gasteiger partial charge is 0.253 e. The molecule has 2 N–H and O–H groups in total. The van der Waals surface area contributed by atoms with Gasteiger partial charge in [-0.2, -0.15) is 0 Å². The van der Waals surface area contributed by atoms with Crippen molar-refractivity contribution >= 4 is 11.4 Å². The number of anilines is 2. The molecule has 2 saturated heterocycles. The number of nitrogens with zero attached hydrogens (tertiary/aromatic N) is 3. The third-order valence-electron chi connectivity index (χ3n) is 5.91. The van der Waals surface area contributed by atoms with Crippen LogP contribution < -0.4 is 21.1 Å². The zero-order valence-electron chi connectivity index (χ0n) is 17.3. The summed E-state index contributed by atoms with van der Waals surface area (Å²) in [7, 11) is 0. The van der Waals surface area contributed by atoms with Gasteiger partial charge in [-0.05, 0) is 5.56 Å². The van der Waals surface area contributed by atoms with Gasteiger partial charge in [0.2, 0.25) is 0 Å². The van der Waals surface area contributed by atoms with Crippen molar-refractivity contribution in [2.24, 2.45) is 0 Å². The maximum atomic E-state index is 12.2. The van der Waals surface area contributed by atoms with Gasteiger partial charge in [0.25, 0.3) is 10.9 Å². The van der Waals surface area contributed by atoms with Crippen LogP contribution >= 0.6 is 0 Å². The molecule has 30 heavy (non-hydrogen) atoms. The van der Waals surface area contributed by atoms with Gasteiger partial charge in [-0.15, -0.1) is 0 Å². The van der Waals surface area contributed by atoms with E-state index < -0.39 is 17.0 Å². The maximum absolute atomic E-state index is 12.2. The van der Waals surface area contributed by atoms with E-state index in [9.17, 15) is 14.7 Å². The summed E-state index contributed by atoms with van der Waals surface area (Å²) >= 11 is 0. The van der Waals surface area contributed by atoms with E-state index in [1.807, 2.05) is 23.1 Å². The number of hydrogen-bond acceptors (Lipinski definition) is 8. The van der Waals surface area contributed by atoms with Gasteiger partial charge < -0.3 is 20.1 Å². The van der Waals surface area contributed by atoms with Gasteiger partial charge in [0, 0.05) is 58.9 Å². The summed E-state index contributed by atoms with van der Waals surface area (Å²) in [6.07, 6.45) is -0.608. The highest BCUT2D eigenvalue weighted by molar-refractivity contribution is 5.75. The van der Waals surface area contributed by atoms with Crippen molar-refractivity contribution in [1.82, 2.24) is 9.80 Å². The molecule has 8 nitrogen and oxygen atoms in total. The molecular formula is C22H30N4O4. The summed E-state index contributed by atoms with van der Waals surface area (Å²) in [5.41, 5.74) is 1.22. The van der Waals surface area contributed by atoms with Crippen LogP contribution in [0, 0.1) is 0 Å². The second-order valence-electron chi connectivity index (χ2n) is 8.08. The molecule has 4 rings (SSSR count). The molecule has 0 aromatic heterocycles. The Hall–Kier alpha value is -2.26. The number of ether oxygens (including phenoxy) is 1. The van der Waals surface area contributed by atoms with E-state index in [0.717, 1.165) is 32.7 Å². The van der Waals surface area contributed by atoms with Crippen molar-refractivity contribution in [3.8, 4) is 0 Å². The number of β-amino-alcohol motifs (C(OH)–C–C–N with tert-alkyl or cyclic N) is 1. The Morgan fingerprint density at radius 2 is 1.63 bits per heavy atom. The second-order valence-corrected chi connectivity index (χ2v) is 8.08. The third kappa shape index (κ3) is 4.89. The number of rotatable bonds is 8. The van der Waals surface area contributed by atoms with Crippen LogP contribution in [0.3, 0.4) is 0 Å². The fourth-order valence-corrected chi connectivity index (χ4v) is 4.18. The minimum Gasteiger partial charge on any atom is -0.390 e. The van der Waals surface area contributed by atoms with Crippen molar-refractivity contribution in [3.63, 3.8) is 0 Å². The average molecular weight is 415 g/mol. The Morgan fingerprint density at radius 1 is 0.933 bits per heavy atom. The lowest BCUT2D eigenvalue weighted by Gasteiger charge is -2.37. The van der Waals surface area contributed by atoms with Crippen LogP contribution in [0.4, 0.5) is 11.4 Å². The Bertz CT molecular complexity index is 882. The molecule has 2 aliphatic rings. The average Bonchev–Trinajstić information content (AvgIpc) is 2.78. The van der Waals surface area contributed by atoms with E-state index in [1.165, 1.54) is 5.56 Å². The number of piperazine rings is 1. The van der Waals surface area contributed by atoms with Gasteiger partial charge in [0.15, 0.2) is 0 Å². The predicted octanol–water partition coefficient (Wildman–Crippen LogP) is -0.290. The zero-order chi connectivity index (χ0) is 20.9. The first kappa shape index (κ1) is 21.0. The fraction of sp³-hybridized carbons (Fsp3) is 0.545. The Morgan fingerprint density at radius 3 is 2.33 bits per heavy atom. The molecule has 8 heteroatoms. The monoisotopic (exact) mass is 414 g/mol. The van der Waals surface area contributed by atoms with Gasteiger partial charge in [0.1, 0.15) is 11.4 Å². The Labute approximate surface area is 176 Å². The molecule has 2 aliphatic heterocycles. The Kier molecular flexibility index (Phi) is 6.79. The first-order valence-corrected chi connectivity index (χ1v) is 10.7. The van der Waals surface area contributed by atoms with E-state index in [-0.39, 0.29) is 6.54 Å². The molecule has 0 unspecified atom stereocenters. The lowest BCUT2D eigenvalue weighted by atomic mass is 10.1. The molecule has 0 amide bonds. The number of aliphatic hydroxyl groups excluding tert-OH is 1. The molecule has 0 bridgehead atoms. The summed E-state index contributed by atoms with van der Waals surface area (Å²) in [5.74, 6) is 0. The fourth-order valence-electron chi connectivity index (χ4n) is 4.18. The van der Waals surface area contributed by atoms with Gasteiger partial charge in [-0.1, -0.05) is 30.3 Å². The molecule has 2 heterocycles. The molecule has 0 spiro atoms. The number of hydrogen-bond donors (Lipinski definition) is 2. The molecular weight excluding hydrogens is 384 g/mol. The summed E-state index contributed by atoms with van der Waals surface area (Å²) in [5, 5.41) is 13.3. The molecule has 1 atom stereocenters. The summed E-state index contributed by atoms with van der Waals surface area (Å²) in [6.45, 7) is 7.73. The second kappa shape index (κ2) is 9.70. The van der Waals surface area contributed by atoms with Crippen molar-refractivity contribution < 1.29 is 9.84 Å². The largest absolute Gasteiger partial charge is 0.390 e. The van der Waals surface area contributed by atoms with E-state index in [2.05, 4.69) is 27.2 Å². The lowest BCUT2D eigenvalue weighted by Crippen LogP contribution is -2.51. The van der Waals surface area contributed by atoms with Crippen LogP contribution in [0.1, 0.15) is 5.56 Å². The highest BCUT2D eigenvalue weighted by Gasteiger charge is 2.29. The summed E-state index contributed by atoms with van der Waals surface area (Å²) in [4.78, 5) is 30.8. The van der Waals surface area contributed by atoms with Gasteiger partial charge >= 0.3 is 0 Å². The molecule has 0 aliphatic carbocycles. The highest BCUT2D eigenvalue weighted by atomic mass is 16.5. The zero-order valence-corrected chi connectivity index (χ0v) is 17.3. The third-order valence-corrected chi connectivity index (χ3v) is 5.91. The molecule has 0 saturated carbocycles. The van der Waals surface area contributed by atoms with E-state index in [4.69, 9.17) is 4.74 Å². The van der Waals surface area contributed by atoms with Crippen molar-refractivity contribution in [1.29, 1.82) is 0 Å². The standard InChI is InChI=1S/C22H30N4O4/c27-18(16-25-10-12-30-13-11-25)14-23-19-20(22(29)21(19)28)26-8-6-24(7-9-26)15-17-4-2-1-3-5-17/h1-5,18,23,27H,6-16H2/t18-/m0/s1. The molecule has 2 fully saturated rings. The SMILES string of the molecule is O=c1c(NC[C@H](O)CN2CCOCC2)c(N2CCN(Cc3ccccc3)CC2)c1=O. The van der Waals surface area contributed by atoms with Crippen LogP contribution in [0.15, 0.2) is 39.9 Å². The molecule has 2 aromatic carbocycles. The maximum Gasteiger partial charge on any atom is 0.253 e. The van der Waals surface area contributed by atoms with Gasteiger partial charge in [-0.25, -0.2) is 0 Å². The molecule has 162 valence electrons. The first-order chi connectivity index (χ1) is 14.6. The van der Waals surface area contributed by atoms with Crippen molar-refractivity contribution in [3.05, 3.63) is 56.3 Å². The van der Waals surface area contributed by atoms with Crippen LogP contribution in [0.25, 0.3) is 0 Å².